The molecule has 0 aliphatic carbocycles. The molecule has 1 unspecified atom stereocenters. The van der Waals surface area contributed by atoms with Gasteiger partial charge in [0.05, 0.1) is 5.52 Å². The highest BCUT2D eigenvalue weighted by Gasteiger charge is 2.24. The number of anilines is 1. The number of aromatic nitrogens is 2. The summed E-state index contributed by atoms with van der Waals surface area (Å²) in [6, 6.07) is 5.60. The normalized spacial score (nSPS) is 16.6. The van der Waals surface area contributed by atoms with Crippen molar-refractivity contribution >= 4 is 28.4 Å². The maximum absolute atomic E-state index is 12.2. The van der Waals surface area contributed by atoms with Crippen molar-refractivity contribution in [1.82, 2.24) is 15.1 Å². The Kier molecular flexibility index (Phi) is 4.32. The van der Waals surface area contributed by atoms with E-state index < -0.39 is 0 Å². The summed E-state index contributed by atoms with van der Waals surface area (Å²) in [7, 11) is 0. The molecule has 1 aliphatic rings. The maximum atomic E-state index is 12.2. The number of nitrogens with zero attached hydrogens (tertiary/aromatic N) is 2. The molecule has 1 aliphatic heterocycles. The van der Waals surface area contributed by atoms with E-state index in [1.807, 2.05) is 36.9 Å². The molecule has 6 heteroatoms. The Hall–Kier alpha value is -2.37. The number of aryl methyl sites for hydroxylation is 1. The zero-order valence-electron chi connectivity index (χ0n) is 13.6. The van der Waals surface area contributed by atoms with Crippen LogP contribution in [-0.4, -0.2) is 39.5 Å². The molecule has 23 heavy (non-hydrogen) atoms. The predicted octanol–water partition coefficient (Wildman–Crippen LogP) is 2.60. The number of aromatic amines is 1. The third kappa shape index (κ3) is 3.36. The summed E-state index contributed by atoms with van der Waals surface area (Å²) in [5.74, 6) is 0.0763. The van der Waals surface area contributed by atoms with Crippen molar-refractivity contribution in [3.63, 3.8) is 0 Å². The van der Waals surface area contributed by atoms with E-state index in [-0.39, 0.29) is 17.9 Å². The van der Waals surface area contributed by atoms with Crippen LogP contribution in [0.4, 0.5) is 5.69 Å². The number of carbonyl (C=O) groups excluding carboxylic acids is 2. The minimum absolute atomic E-state index is 0.0702. The first-order valence-corrected chi connectivity index (χ1v) is 8.08. The molecule has 2 aromatic rings. The number of hydrogen-bond donors (Lipinski definition) is 2. The Morgan fingerprint density at radius 3 is 3.04 bits per heavy atom. The lowest BCUT2D eigenvalue weighted by Crippen LogP contribution is -2.43. The molecule has 0 spiro atoms. The molecule has 0 bridgehead atoms. The van der Waals surface area contributed by atoms with Gasteiger partial charge in [-0.2, -0.15) is 5.10 Å². The van der Waals surface area contributed by atoms with Crippen LogP contribution in [0.2, 0.25) is 0 Å². The predicted molar refractivity (Wildman–Crippen MR) is 89.1 cm³/mol. The Morgan fingerprint density at radius 2 is 2.26 bits per heavy atom. The molecule has 1 aromatic heterocycles. The lowest BCUT2D eigenvalue weighted by Gasteiger charge is -2.32. The number of rotatable bonds is 4. The molecule has 1 atom stereocenters. The van der Waals surface area contributed by atoms with Crippen molar-refractivity contribution in [2.45, 2.75) is 45.6 Å². The third-order valence-corrected chi connectivity index (χ3v) is 4.40. The molecule has 6 nitrogen and oxygen atoms in total. The van der Waals surface area contributed by atoms with Gasteiger partial charge in [-0.05, 0) is 44.9 Å². The molecule has 3 rings (SSSR count). The van der Waals surface area contributed by atoms with Crippen molar-refractivity contribution in [3.8, 4) is 0 Å². The van der Waals surface area contributed by atoms with Crippen LogP contribution in [0, 0.1) is 6.92 Å². The average molecular weight is 314 g/mol. The van der Waals surface area contributed by atoms with E-state index in [1.165, 1.54) is 0 Å². The van der Waals surface area contributed by atoms with Gasteiger partial charge in [-0.3, -0.25) is 14.7 Å². The van der Waals surface area contributed by atoms with Gasteiger partial charge in [0.15, 0.2) is 0 Å². The summed E-state index contributed by atoms with van der Waals surface area (Å²) in [5.41, 5.74) is 2.57. The number of amides is 2. The zero-order chi connectivity index (χ0) is 16.4. The molecule has 2 N–H and O–H groups in total. The number of benzene rings is 1. The second-order valence-corrected chi connectivity index (χ2v) is 6.23. The number of H-pyrrole nitrogens is 1. The van der Waals surface area contributed by atoms with Crippen LogP contribution in [0.25, 0.3) is 10.9 Å². The Bertz CT molecular complexity index is 737. The molecule has 0 radical (unpaired) electrons. The molecular weight excluding hydrogens is 292 g/mol. The Balaban J connectivity index is 1.62. The molecule has 1 fully saturated rings. The maximum Gasteiger partial charge on any atom is 0.226 e. The lowest BCUT2D eigenvalue weighted by molar-refractivity contribution is -0.136. The lowest BCUT2D eigenvalue weighted by atomic mass is 10.1. The molecule has 2 heterocycles. The van der Waals surface area contributed by atoms with Gasteiger partial charge in [0.2, 0.25) is 11.8 Å². The van der Waals surface area contributed by atoms with E-state index >= 15 is 0 Å². The third-order valence-electron chi connectivity index (χ3n) is 4.40. The standard InChI is InChI=1S/C17H22N4O2/c1-11(21-8-4-3-5-17(21)23)9-16(22)18-13-6-7-14-12(2)19-20-15(14)10-13/h6-7,10-11H,3-5,8-9H2,1-2H3,(H,18,22)(H,19,20). The fourth-order valence-corrected chi connectivity index (χ4v) is 3.11. The summed E-state index contributed by atoms with van der Waals surface area (Å²) >= 11 is 0. The molecule has 1 saturated heterocycles. The fourth-order valence-electron chi connectivity index (χ4n) is 3.11. The number of nitrogens with one attached hydrogen (secondary N) is 2. The summed E-state index contributed by atoms with van der Waals surface area (Å²) in [6.07, 6.45) is 2.88. The molecule has 2 amide bonds. The number of fused-ring (bicyclic) bond motifs is 1. The molecule has 0 saturated carbocycles. The van der Waals surface area contributed by atoms with Gasteiger partial charge in [-0.15, -0.1) is 0 Å². The van der Waals surface area contributed by atoms with Crippen LogP contribution in [0.5, 0.6) is 0 Å². The van der Waals surface area contributed by atoms with Gasteiger partial charge in [0, 0.05) is 42.2 Å². The SMILES string of the molecule is Cc1[nH]nc2cc(NC(=O)CC(C)N3CCCCC3=O)ccc12. The van der Waals surface area contributed by atoms with E-state index in [9.17, 15) is 9.59 Å². The Labute approximate surface area is 135 Å². The first-order valence-electron chi connectivity index (χ1n) is 8.08. The quantitative estimate of drug-likeness (QED) is 0.910. The van der Waals surface area contributed by atoms with Crippen molar-refractivity contribution in [2.24, 2.45) is 0 Å². The largest absolute Gasteiger partial charge is 0.339 e. The average Bonchev–Trinajstić information content (AvgIpc) is 2.88. The fraction of sp³-hybridized carbons (Fsp3) is 0.471. The van der Waals surface area contributed by atoms with Crippen LogP contribution in [0.3, 0.4) is 0 Å². The van der Waals surface area contributed by atoms with E-state index in [4.69, 9.17) is 0 Å². The van der Waals surface area contributed by atoms with Crippen LogP contribution < -0.4 is 5.32 Å². The molecule has 122 valence electrons. The summed E-state index contributed by atoms with van der Waals surface area (Å²) in [4.78, 5) is 26.0. The van der Waals surface area contributed by atoms with E-state index in [0.29, 0.717) is 12.8 Å². The van der Waals surface area contributed by atoms with E-state index in [0.717, 1.165) is 41.7 Å². The van der Waals surface area contributed by atoms with Crippen molar-refractivity contribution < 1.29 is 9.59 Å². The van der Waals surface area contributed by atoms with Gasteiger partial charge in [0.1, 0.15) is 0 Å². The highest BCUT2D eigenvalue weighted by Crippen LogP contribution is 2.20. The van der Waals surface area contributed by atoms with Crippen LogP contribution in [0.15, 0.2) is 18.2 Å². The highest BCUT2D eigenvalue weighted by molar-refractivity contribution is 5.94. The summed E-state index contributed by atoms with van der Waals surface area (Å²) < 4.78 is 0. The van der Waals surface area contributed by atoms with Gasteiger partial charge in [-0.25, -0.2) is 0 Å². The van der Waals surface area contributed by atoms with Crippen molar-refractivity contribution in [1.29, 1.82) is 0 Å². The van der Waals surface area contributed by atoms with Crippen LogP contribution in [-0.2, 0) is 9.59 Å². The summed E-state index contributed by atoms with van der Waals surface area (Å²) in [5, 5.41) is 11.1. The second-order valence-electron chi connectivity index (χ2n) is 6.23. The topological polar surface area (TPSA) is 78.1 Å². The van der Waals surface area contributed by atoms with E-state index in [2.05, 4.69) is 15.5 Å². The number of piperidine rings is 1. The van der Waals surface area contributed by atoms with Gasteiger partial charge >= 0.3 is 0 Å². The number of hydrogen-bond acceptors (Lipinski definition) is 3. The number of carbonyl (C=O) groups is 2. The van der Waals surface area contributed by atoms with Crippen molar-refractivity contribution in [3.05, 3.63) is 23.9 Å². The van der Waals surface area contributed by atoms with Crippen LogP contribution >= 0.6 is 0 Å². The van der Waals surface area contributed by atoms with Gasteiger partial charge < -0.3 is 10.2 Å². The summed E-state index contributed by atoms with van der Waals surface area (Å²) in [6.45, 7) is 4.65. The smallest absolute Gasteiger partial charge is 0.226 e. The highest BCUT2D eigenvalue weighted by atomic mass is 16.2. The minimum Gasteiger partial charge on any atom is -0.339 e. The van der Waals surface area contributed by atoms with Gasteiger partial charge in [-0.1, -0.05) is 0 Å². The minimum atomic E-state index is -0.0810. The first kappa shape index (κ1) is 15.5. The molecular formula is C17H22N4O2. The Morgan fingerprint density at radius 1 is 1.43 bits per heavy atom. The molecule has 1 aromatic carbocycles. The zero-order valence-corrected chi connectivity index (χ0v) is 13.6. The number of likely N-dealkylation sites (tertiary alicyclic amines) is 1. The van der Waals surface area contributed by atoms with E-state index in [1.54, 1.807) is 0 Å². The van der Waals surface area contributed by atoms with Crippen molar-refractivity contribution in [2.75, 3.05) is 11.9 Å². The van der Waals surface area contributed by atoms with Gasteiger partial charge in [0.25, 0.3) is 0 Å². The monoisotopic (exact) mass is 314 g/mol. The second kappa shape index (κ2) is 6.40. The first-order chi connectivity index (χ1) is 11.0. The van der Waals surface area contributed by atoms with Crippen LogP contribution in [0.1, 0.15) is 38.3 Å².